The zero-order valence-electron chi connectivity index (χ0n) is 5.92. The molecule has 0 amide bonds. The van der Waals surface area contributed by atoms with E-state index in [1.54, 1.807) is 6.92 Å². The van der Waals surface area contributed by atoms with Crippen LogP contribution in [-0.2, 0) is 9.63 Å². The first-order valence-electron chi connectivity index (χ1n) is 2.82. The molecule has 0 aliphatic heterocycles. The summed E-state index contributed by atoms with van der Waals surface area (Å²) in [5.41, 5.74) is 2.24. The van der Waals surface area contributed by atoms with Crippen LogP contribution in [0.15, 0.2) is 0 Å². The van der Waals surface area contributed by atoms with Gasteiger partial charge in [0.15, 0.2) is 4.32 Å². The molecule has 0 saturated heterocycles. The Hall–Kier alpha value is -0.370. The van der Waals surface area contributed by atoms with Gasteiger partial charge >= 0.3 is 5.97 Å². The molecule has 0 unspecified atom stereocenters. The number of rotatable bonds is 2. The largest absolute Gasteiger partial charge is 0.342 e. The second-order valence-electron chi connectivity index (χ2n) is 1.44. The Balaban J connectivity index is 3.38. The van der Waals surface area contributed by atoms with Crippen LogP contribution < -0.4 is 16.2 Å². The van der Waals surface area contributed by atoms with Crippen LogP contribution in [0.4, 0.5) is 0 Å². The minimum Gasteiger partial charge on any atom is -0.342 e. The van der Waals surface area contributed by atoms with E-state index in [-0.39, 0.29) is 10.3 Å². The molecule has 0 aromatic rings. The average Bonchev–Trinajstić information content (AvgIpc) is 2.01. The molecule has 0 rings (SSSR count). The van der Waals surface area contributed by atoms with Gasteiger partial charge in [-0.25, -0.2) is 10.3 Å². The van der Waals surface area contributed by atoms with E-state index in [0.29, 0.717) is 6.42 Å². The monoisotopic (exact) mass is 195 g/mol. The highest BCUT2D eigenvalue weighted by Crippen LogP contribution is 1.92. The van der Waals surface area contributed by atoms with Gasteiger partial charge in [0.1, 0.15) is 0 Å². The first-order valence-corrected chi connectivity index (χ1v) is 4.05. The molecule has 0 spiro atoms. The molecule has 0 aliphatic rings. The Morgan fingerprint density at radius 2 is 2.45 bits per heavy atom. The number of carbonyl (C=O) groups excluding carboxylic acids is 1. The maximum absolute atomic E-state index is 10.5. The van der Waals surface area contributed by atoms with Crippen molar-refractivity contribution in [1.29, 1.82) is 0 Å². The van der Waals surface area contributed by atoms with Gasteiger partial charge in [0.25, 0.3) is 0 Å². The SMILES string of the molecule is CCC(=O)ONC(=S)SNN. The number of hydroxylamine groups is 1. The normalized spacial score (nSPS) is 8.91. The maximum atomic E-state index is 10.5. The minimum absolute atomic E-state index is 0.259. The maximum Gasteiger partial charge on any atom is 0.331 e. The van der Waals surface area contributed by atoms with E-state index in [0.717, 1.165) is 11.9 Å². The van der Waals surface area contributed by atoms with Gasteiger partial charge in [0.05, 0.1) is 0 Å². The van der Waals surface area contributed by atoms with Gasteiger partial charge in [-0.05, 0) is 12.2 Å². The molecule has 7 heteroatoms. The van der Waals surface area contributed by atoms with Crippen molar-refractivity contribution in [2.24, 2.45) is 5.84 Å². The predicted octanol–water partition coefficient (Wildman–Crippen LogP) is -0.159. The molecule has 0 aliphatic carbocycles. The lowest BCUT2D eigenvalue weighted by Gasteiger charge is -2.04. The highest BCUT2D eigenvalue weighted by Gasteiger charge is 1.99. The van der Waals surface area contributed by atoms with Gasteiger partial charge in [0, 0.05) is 18.4 Å². The van der Waals surface area contributed by atoms with Gasteiger partial charge in [-0.15, -0.1) is 0 Å². The Labute approximate surface area is 74.1 Å². The molecule has 5 nitrogen and oxygen atoms in total. The third-order valence-electron chi connectivity index (χ3n) is 0.688. The molecule has 0 saturated carbocycles. The quantitative estimate of drug-likeness (QED) is 0.244. The Morgan fingerprint density at radius 3 is 2.91 bits per heavy atom. The summed E-state index contributed by atoms with van der Waals surface area (Å²) in [6.07, 6.45) is 0.302. The van der Waals surface area contributed by atoms with Crippen LogP contribution in [0.2, 0.25) is 0 Å². The van der Waals surface area contributed by atoms with Crippen LogP contribution in [0, 0.1) is 0 Å². The third-order valence-corrected chi connectivity index (χ3v) is 1.41. The standard InChI is InChI=1S/C4H9N3O2S2/c1-2-3(8)9-6-4(10)11-7-5/h7H,2,5H2,1H3,(H,6,10). The van der Waals surface area contributed by atoms with E-state index in [4.69, 9.17) is 5.84 Å². The lowest BCUT2D eigenvalue weighted by molar-refractivity contribution is -0.147. The first-order chi connectivity index (χ1) is 5.20. The molecule has 0 aromatic heterocycles. The molecule has 4 N–H and O–H groups in total. The van der Waals surface area contributed by atoms with Crippen LogP contribution in [0.3, 0.4) is 0 Å². The van der Waals surface area contributed by atoms with Gasteiger partial charge < -0.3 is 4.84 Å². The van der Waals surface area contributed by atoms with E-state index < -0.39 is 0 Å². The topological polar surface area (TPSA) is 76.4 Å². The number of nitrogens with one attached hydrogen (secondary N) is 2. The number of hydrogen-bond donors (Lipinski definition) is 3. The summed E-state index contributed by atoms with van der Waals surface area (Å²) in [7, 11) is 0. The van der Waals surface area contributed by atoms with E-state index in [1.165, 1.54) is 0 Å². The Kier molecular flexibility index (Phi) is 6.13. The van der Waals surface area contributed by atoms with Crippen molar-refractivity contribution in [2.45, 2.75) is 13.3 Å². The highest BCUT2D eigenvalue weighted by atomic mass is 32.2. The lowest BCUT2D eigenvalue weighted by atomic mass is 10.5. The third kappa shape index (κ3) is 6.05. The van der Waals surface area contributed by atoms with E-state index >= 15 is 0 Å². The fraction of sp³-hybridized carbons (Fsp3) is 0.500. The molecule has 64 valence electrons. The van der Waals surface area contributed by atoms with Crippen LogP contribution in [0.25, 0.3) is 0 Å². The van der Waals surface area contributed by atoms with Crippen LogP contribution in [-0.4, -0.2) is 10.3 Å². The first kappa shape index (κ1) is 10.6. The number of hydrogen-bond acceptors (Lipinski definition) is 6. The van der Waals surface area contributed by atoms with Gasteiger partial charge in [-0.2, -0.15) is 4.83 Å². The molecule has 0 fully saturated rings. The molecular formula is C4H9N3O2S2. The van der Waals surface area contributed by atoms with Crippen LogP contribution in [0.5, 0.6) is 0 Å². The van der Waals surface area contributed by atoms with Gasteiger partial charge in [-0.1, -0.05) is 6.92 Å². The van der Waals surface area contributed by atoms with Crippen molar-refractivity contribution >= 4 is 34.5 Å². The molecule has 0 bridgehead atoms. The Bertz CT molecular complexity index is 152. The molecule has 0 radical (unpaired) electrons. The number of carbonyl (C=O) groups is 1. The van der Waals surface area contributed by atoms with Crippen molar-refractivity contribution < 1.29 is 9.63 Å². The van der Waals surface area contributed by atoms with E-state index in [1.807, 2.05) is 0 Å². The molecule has 0 atom stereocenters. The van der Waals surface area contributed by atoms with Gasteiger partial charge in [-0.3, -0.25) is 5.84 Å². The second kappa shape index (κ2) is 6.35. The van der Waals surface area contributed by atoms with Gasteiger partial charge in [0.2, 0.25) is 0 Å². The summed E-state index contributed by atoms with van der Waals surface area (Å²) in [5, 5.41) is 0. The molecule has 0 aromatic carbocycles. The van der Waals surface area contributed by atoms with Crippen molar-refractivity contribution in [2.75, 3.05) is 0 Å². The summed E-state index contributed by atoms with van der Waals surface area (Å²) in [6, 6.07) is 0. The molecular weight excluding hydrogens is 186 g/mol. The van der Waals surface area contributed by atoms with Crippen molar-refractivity contribution in [3.8, 4) is 0 Å². The summed E-state index contributed by atoms with van der Waals surface area (Å²) in [6.45, 7) is 1.68. The van der Waals surface area contributed by atoms with Crippen LogP contribution >= 0.6 is 24.2 Å². The zero-order valence-corrected chi connectivity index (χ0v) is 7.55. The lowest BCUT2D eigenvalue weighted by Crippen LogP contribution is -2.27. The average molecular weight is 195 g/mol. The predicted molar refractivity (Wildman–Crippen MR) is 47.0 cm³/mol. The highest BCUT2D eigenvalue weighted by molar-refractivity contribution is 8.21. The number of hydrazine groups is 1. The van der Waals surface area contributed by atoms with Crippen LogP contribution in [0.1, 0.15) is 13.3 Å². The summed E-state index contributed by atoms with van der Waals surface area (Å²) < 4.78 is 0.259. The molecule has 11 heavy (non-hydrogen) atoms. The molecule has 0 heterocycles. The fourth-order valence-electron chi connectivity index (χ4n) is 0.245. The summed E-state index contributed by atoms with van der Waals surface area (Å²) in [5.74, 6) is 4.54. The second-order valence-corrected chi connectivity index (χ2v) is 2.95. The van der Waals surface area contributed by atoms with E-state index in [2.05, 4.69) is 27.4 Å². The zero-order chi connectivity index (χ0) is 8.69. The smallest absolute Gasteiger partial charge is 0.331 e. The minimum atomic E-state index is -0.370. The van der Waals surface area contributed by atoms with Crippen molar-refractivity contribution in [1.82, 2.24) is 10.3 Å². The van der Waals surface area contributed by atoms with Crippen molar-refractivity contribution in [3.05, 3.63) is 0 Å². The Morgan fingerprint density at radius 1 is 1.82 bits per heavy atom. The fourth-order valence-corrected chi connectivity index (χ4v) is 0.621. The van der Waals surface area contributed by atoms with Crippen molar-refractivity contribution in [3.63, 3.8) is 0 Å². The van der Waals surface area contributed by atoms with E-state index in [9.17, 15) is 4.79 Å². The summed E-state index contributed by atoms with van der Waals surface area (Å²) in [4.78, 5) is 17.2. The number of thiocarbonyl (C=S) groups is 1. The summed E-state index contributed by atoms with van der Waals surface area (Å²) >= 11 is 5.61. The number of nitrogens with two attached hydrogens (primary N) is 1.